The molecule has 6 heteroatoms. The van der Waals surface area contributed by atoms with Crippen molar-refractivity contribution >= 4 is 11.6 Å². The molecule has 1 aliphatic heterocycles. The molecule has 1 saturated heterocycles. The summed E-state index contributed by atoms with van der Waals surface area (Å²) in [5, 5.41) is 4.05. The molecule has 0 aliphatic carbocycles. The smallest absolute Gasteiger partial charge is 0.276 e. The maximum atomic E-state index is 12.4. The van der Waals surface area contributed by atoms with Crippen molar-refractivity contribution in [2.75, 3.05) is 11.4 Å². The second-order valence-corrected chi connectivity index (χ2v) is 5.92. The van der Waals surface area contributed by atoms with Crippen molar-refractivity contribution in [2.45, 2.75) is 19.3 Å². The van der Waals surface area contributed by atoms with E-state index in [-0.39, 0.29) is 11.8 Å². The number of hydrogen-bond acceptors (Lipinski definition) is 5. The number of anilines is 1. The molecule has 0 N–H and O–H groups in total. The van der Waals surface area contributed by atoms with Gasteiger partial charge in [0, 0.05) is 30.8 Å². The molecule has 120 valence electrons. The van der Waals surface area contributed by atoms with E-state index >= 15 is 0 Å². The molecular weight excluding hydrogens is 304 g/mol. The van der Waals surface area contributed by atoms with Gasteiger partial charge in [0.25, 0.3) is 5.89 Å². The lowest BCUT2D eigenvalue weighted by molar-refractivity contribution is -0.117. The van der Waals surface area contributed by atoms with Crippen LogP contribution in [0.1, 0.15) is 23.7 Å². The third-order valence-electron chi connectivity index (χ3n) is 4.13. The zero-order valence-electron chi connectivity index (χ0n) is 13.2. The second-order valence-electron chi connectivity index (χ2n) is 5.92. The highest BCUT2D eigenvalue weighted by molar-refractivity contribution is 5.96. The molecule has 1 amide bonds. The predicted octanol–water partition coefficient (Wildman–Crippen LogP) is 2.96. The van der Waals surface area contributed by atoms with E-state index in [2.05, 4.69) is 15.1 Å². The maximum Gasteiger partial charge on any atom is 0.276 e. The van der Waals surface area contributed by atoms with Crippen LogP contribution in [0.5, 0.6) is 0 Å². The molecule has 1 fully saturated rings. The number of pyridine rings is 1. The molecule has 3 aromatic rings. The third-order valence-corrected chi connectivity index (χ3v) is 4.13. The molecule has 0 radical (unpaired) electrons. The number of carbonyl (C=O) groups excluding carboxylic acids is 1. The van der Waals surface area contributed by atoms with E-state index in [1.807, 2.05) is 49.4 Å². The summed E-state index contributed by atoms with van der Waals surface area (Å²) in [6.07, 6.45) is 2.06. The highest BCUT2D eigenvalue weighted by atomic mass is 16.5. The molecule has 1 aliphatic rings. The average Bonchev–Trinajstić information content (AvgIpc) is 3.22. The standard InChI is InChI=1S/C18H16N4O2/c1-12-5-4-6-14(9-12)22-11-13(10-16(22)23)17-20-18(24-21-17)15-7-2-3-8-19-15/h2-9,13H,10-11H2,1H3/t13-/m1/s1. The topological polar surface area (TPSA) is 72.1 Å². The Balaban J connectivity index is 1.56. The molecule has 1 atom stereocenters. The Labute approximate surface area is 139 Å². The first-order chi connectivity index (χ1) is 11.7. The van der Waals surface area contributed by atoms with Crippen molar-refractivity contribution < 1.29 is 9.32 Å². The first-order valence-electron chi connectivity index (χ1n) is 7.83. The first kappa shape index (κ1) is 14.6. The summed E-state index contributed by atoms with van der Waals surface area (Å²) in [4.78, 5) is 22.8. The van der Waals surface area contributed by atoms with Crippen LogP contribution in [0.4, 0.5) is 5.69 Å². The fourth-order valence-electron chi connectivity index (χ4n) is 2.92. The molecule has 24 heavy (non-hydrogen) atoms. The Morgan fingerprint density at radius 1 is 1.21 bits per heavy atom. The molecule has 4 rings (SSSR count). The molecule has 1 aromatic carbocycles. The van der Waals surface area contributed by atoms with Gasteiger partial charge in [-0.3, -0.25) is 9.78 Å². The summed E-state index contributed by atoms with van der Waals surface area (Å²) in [5.41, 5.74) is 2.67. The number of carbonyl (C=O) groups is 1. The van der Waals surface area contributed by atoms with Crippen LogP contribution in [0.2, 0.25) is 0 Å². The van der Waals surface area contributed by atoms with Crippen molar-refractivity contribution in [2.24, 2.45) is 0 Å². The van der Waals surface area contributed by atoms with Crippen LogP contribution in [0.15, 0.2) is 53.2 Å². The van der Waals surface area contributed by atoms with E-state index in [0.717, 1.165) is 11.3 Å². The highest BCUT2D eigenvalue weighted by Crippen LogP contribution is 2.31. The maximum absolute atomic E-state index is 12.4. The number of hydrogen-bond donors (Lipinski definition) is 0. The third kappa shape index (κ3) is 2.67. The summed E-state index contributed by atoms with van der Waals surface area (Å²) in [7, 11) is 0. The normalized spacial score (nSPS) is 17.5. The van der Waals surface area contributed by atoms with E-state index in [4.69, 9.17) is 4.52 Å². The minimum Gasteiger partial charge on any atom is -0.332 e. The number of nitrogens with zero attached hydrogens (tertiary/aromatic N) is 4. The zero-order valence-corrected chi connectivity index (χ0v) is 13.2. The monoisotopic (exact) mass is 320 g/mol. The highest BCUT2D eigenvalue weighted by Gasteiger charge is 2.34. The number of aryl methyl sites for hydroxylation is 1. The molecular formula is C18H16N4O2. The van der Waals surface area contributed by atoms with Gasteiger partial charge in [0.2, 0.25) is 5.91 Å². The predicted molar refractivity (Wildman–Crippen MR) is 88.4 cm³/mol. The van der Waals surface area contributed by atoms with Crippen LogP contribution in [0.25, 0.3) is 11.6 Å². The van der Waals surface area contributed by atoms with Gasteiger partial charge in [-0.1, -0.05) is 23.4 Å². The van der Waals surface area contributed by atoms with Gasteiger partial charge in [-0.25, -0.2) is 0 Å². The quantitative estimate of drug-likeness (QED) is 0.742. The summed E-state index contributed by atoms with van der Waals surface area (Å²) in [6.45, 7) is 2.57. The fraction of sp³-hybridized carbons (Fsp3) is 0.222. The number of amides is 1. The van der Waals surface area contributed by atoms with Crippen molar-refractivity contribution in [3.8, 4) is 11.6 Å². The fourth-order valence-corrected chi connectivity index (χ4v) is 2.92. The lowest BCUT2D eigenvalue weighted by Crippen LogP contribution is -2.24. The van der Waals surface area contributed by atoms with Crippen molar-refractivity contribution in [1.82, 2.24) is 15.1 Å². The van der Waals surface area contributed by atoms with E-state index in [0.29, 0.717) is 30.4 Å². The van der Waals surface area contributed by atoms with Gasteiger partial charge in [-0.15, -0.1) is 0 Å². The lowest BCUT2D eigenvalue weighted by Gasteiger charge is -2.16. The van der Waals surface area contributed by atoms with Crippen molar-refractivity contribution in [3.63, 3.8) is 0 Å². The Morgan fingerprint density at radius 3 is 2.92 bits per heavy atom. The molecule has 0 spiro atoms. The van der Waals surface area contributed by atoms with E-state index in [1.54, 1.807) is 11.1 Å². The second kappa shape index (κ2) is 5.88. The molecule has 2 aromatic heterocycles. The molecule has 3 heterocycles. The minimum absolute atomic E-state index is 0.0702. The van der Waals surface area contributed by atoms with E-state index < -0.39 is 0 Å². The number of aromatic nitrogens is 3. The Bertz CT molecular complexity index is 875. The summed E-state index contributed by atoms with van der Waals surface area (Å²) >= 11 is 0. The zero-order chi connectivity index (χ0) is 16.5. The van der Waals surface area contributed by atoms with E-state index in [9.17, 15) is 4.79 Å². The van der Waals surface area contributed by atoms with Crippen molar-refractivity contribution in [1.29, 1.82) is 0 Å². The van der Waals surface area contributed by atoms with Crippen LogP contribution in [-0.4, -0.2) is 27.6 Å². The molecule has 0 unspecified atom stereocenters. The van der Waals surface area contributed by atoms with Gasteiger partial charge in [0.05, 0.1) is 0 Å². The number of rotatable bonds is 3. The molecule has 0 bridgehead atoms. The van der Waals surface area contributed by atoms with Gasteiger partial charge < -0.3 is 9.42 Å². The Kier molecular flexibility index (Phi) is 3.57. The van der Waals surface area contributed by atoms with Crippen molar-refractivity contribution in [3.05, 3.63) is 60.0 Å². The first-order valence-corrected chi connectivity index (χ1v) is 7.83. The Morgan fingerprint density at radius 2 is 2.12 bits per heavy atom. The van der Waals surface area contributed by atoms with Crippen LogP contribution in [-0.2, 0) is 4.79 Å². The SMILES string of the molecule is Cc1cccc(N2C[C@H](c3noc(-c4ccccn4)n3)CC2=O)c1. The Hall–Kier alpha value is -3.02. The van der Waals surface area contributed by atoms with Gasteiger partial charge in [0.15, 0.2) is 5.82 Å². The lowest BCUT2D eigenvalue weighted by atomic mass is 10.1. The van der Waals surface area contributed by atoms with Gasteiger partial charge in [-0.2, -0.15) is 4.98 Å². The van der Waals surface area contributed by atoms with Crippen LogP contribution in [0.3, 0.4) is 0 Å². The largest absolute Gasteiger partial charge is 0.332 e. The summed E-state index contributed by atoms with van der Waals surface area (Å²) in [5.74, 6) is 0.945. The molecule has 6 nitrogen and oxygen atoms in total. The van der Waals surface area contributed by atoms with Crippen LogP contribution >= 0.6 is 0 Å². The van der Waals surface area contributed by atoms with Gasteiger partial charge in [0.1, 0.15) is 5.69 Å². The van der Waals surface area contributed by atoms with Gasteiger partial charge in [-0.05, 0) is 36.8 Å². The van der Waals surface area contributed by atoms with E-state index in [1.165, 1.54) is 0 Å². The average molecular weight is 320 g/mol. The minimum atomic E-state index is -0.0702. The molecule has 0 saturated carbocycles. The van der Waals surface area contributed by atoms with Crippen LogP contribution < -0.4 is 4.90 Å². The van der Waals surface area contributed by atoms with Crippen LogP contribution in [0, 0.1) is 6.92 Å². The summed E-state index contributed by atoms with van der Waals surface area (Å²) in [6, 6.07) is 13.4. The number of benzene rings is 1. The van der Waals surface area contributed by atoms with Gasteiger partial charge >= 0.3 is 0 Å². The summed E-state index contributed by atoms with van der Waals surface area (Å²) < 4.78 is 5.30.